The molecule has 0 N–H and O–H groups in total. The van der Waals surface area contributed by atoms with Gasteiger partial charge in [-0.15, -0.1) is 0 Å². The lowest BCUT2D eigenvalue weighted by atomic mass is 10.0. The predicted molar refractivity (Wildman–Crippen MR) is 70.3 cm³/mol. The van der Waals surface area contributed by atoms with Crippen molar-refractivity contribution in [3.05, 3.63) is 35.6 Å². The first-order valence-corrected chi connectivity index (χ1v) is 6.66. The molecule has 1 aromatic carbocycles. The number of carbonyl (C=O) groups is 2. The molecule has 102 valence electrons. The zero-order valence-electron chi connectivity index (χ0n) is 11.1. The third-order valence-electron chi connectivity index (χ3n) is 3.49. The largest absolute Gasteiger partial charge is 0.335 e. The molecule has 3 nitrogen and oxygen atoms in total. The van der Waals surface area contributed by atoms with Crippen molar-refractivity contribution in [3.8, 4) is 0 Å². The summed E-state index contributed by atoms with van der Waals surface area (Å²) in [5.41, 5.74) is 0.452. The van der Waals surface area contributed by atoms with Gasteiger partial charge in [0.1, 0.15) is 5.82 Å². The highest BCUT2D eigenvalue weighted by atomic mass is 19.1. The van der Waals surface area contributed by atoms with Gasteiger partial charge in [-0.1, -0.05) is 13.3 Å². The minimum absolute atomic E-state index is 0.0499. The number of hydrogen-bond donors (Lipinski definition) is 0. The van der Waals surface area contributed by atoms with Crippen LogP contribution in [-0.4, -0.2) is 29.7 Å². The number of benzene rings is 1. The van der Waals surface area contributed by atoms with Crippen LogP contribution in [0.5, 0.6) is 0 Å². The molecule has 1 aliphatic heterocycles. The van der Waals surface area contributed by atoms with Gasteiger partial charge in [-0.05, 0) is 36.6 Å². The molecule has 1 unspecified atom stereocenters. The summed E-state index contributed by atoms with van der Waals surface area (Å²) in [7, 11) is 0. The Morgan fingerprint density at radius 3 is 2.68 bits per heavy atom. The van der Waals surface area contributed by atoms with Crippen molar-refractivity contribution in [2.24, 2.45) is 5.92 Å². The van der Waals surface area contributed by atoms with Crippen LogP contribution in [-0.2, 0) is 4.79 Å². The van der Waals surface area contributed by atoms with E-state index in [1.54, 1.807) is 4.90 Å². The summed E-state index contributed by atoms with van der Waals surface area (Å²) in [6, 6.07) is 5.45. The molecular formula is C15H18FNO2. The molecule has 1 aliphatic rings. The number of halogens is 1. The van der Waals surface area contributed by atoms with Crippen LogP contribution in [0.25, 0.3) is 0 Å². The van der Waals surface area contributed by atoms with Crippen LogP contribution in [0.2, 0.25) is 0 Å². The minimum atomic E-state index is -0.364. The van der Waals surface area contributed by atoms with Crippen molar-refractivity contribution >= 4 is 11.7 Å². The molecule has 0 saturated carbocycles. The van der Waals surface area contributed by atoms with Crippen LogP contribution in [0, 0.1) is 11.7 Å². The van der Waals surface area contributed by atoms with Gasteiger partial charge in [-0.2, -0.15) is 0 Å². The highest BCUT2D eigenvalue weighted by molar-refractivity contribution is 5.99. The van der Waals surface area contributed by atoms with E-state index in [-0.39, 0.29) is 24.1 Å². The maximum Gasteiger partial charge on any atom is 0.223 e. The predicted octanol–water partition coefficient (Wildman–Crippen LogP) is 2.66. The number of likely N-dealkylation sites (tertiary alicyclic amines) is 1. The summed E-state index contributed by atoms with van der Waals surface area (Å²) in [6.45, 7) is 2.86. The average molecular weight is 263 g/mol. The molecule has 2 rings (SSSR count). The Labute approximate surface area is 112 Å². The van der Waals surface area contributed by atoms with Gasteiger partial charge in [0.05, 0.1) is 6.54 Å². The molecule has 0 aliphatic carbocycles. The molecule has 0 bridgehead atoms. The standard InChI is InChI=1S/C15H18FNO2/c1-2-3-11-8-15(19)17(9-11)10-14(18)12-4-6-13(16)7-5-12/h4-7,11H,2-3,8-10H2,1H3. The summed E-state index contributed by atoms with van der Waals surface area (Å²) < 4.78 is 12.8. The van der Waals surface area contributed by atoms with Gasteiger partial charge in [0.2, 0.25) is 5.91 Å². The lowest BCUT2D eigenvalue weighted by Gasteiger charge is -2.15. The van der Waals surface area contributed by atoms with Gasteiger partial charge in [0.15, 0.2) is 5.78 Å². The second-order valence-corrected chi connectivity index (χ2v) is 5.06. The second-order valence-electron chi connectivity index (χ2n) is 5.06. The van der Waals surface area contributed by atoms with Crippen LogP contribution in [0.15, 0.2) is 24.3 Å². The van der Waals surface area contributed by atoms with E-state index in [1.807, 2.05) is 0 Å². The summed E-state index contributed by atoms with van der Waals surface area (Å²) in [6.07, 6.45) is 2.62. The Bertz CT molecular complexity index is 470. The average Bonchev–Trinajstić information content (AvgIpc) is 2.71. The second kappa shape index (κ2) is 5.95. The highest BCUT2D eigenvalue weighted by Gasteiger charge is 2.30. The topological polar surface area (TPSA) is 37.4 Å². The Kier molecular flexibility index (Phi) is 4.30. The van der Waals surface area contributed by atoms with Crippen molar-refractivity contribution in [1.29, 1.82) is 0 Å². The van der Waals surface area contributed by atoms with Crippen LogP contribution >= 0.6 is 0 Å². The van der Waals surface area contributed by atoms with E-state index in [0.717, 1.165) is 12.8 Å². The van der Waals surface area contributed by atoms with Crippen LogP contribution in [0.3, 0.4) is 0 Å². The number of rotatable bonds is 5. The fourth-order valence-electron chi connectivity index (χ4n) is 2.51. The maximum absolute atomic E-state index is 12.8. The highest BCUT2D eigenvalue weighted by Crippen LogP contribution is 2.22. The zero-order valence-corrected chi connectivity index (χ0v) is 11.1. The van der Waals surface area contributed by atoms with Crippen LogP contribution in [0.4, 0.5) is 4.39 Å². The number of Topliss-reactive ketones (excluding diaryl/α,β-unsaturated/α-hetero) is 1. The van der Waals surface area contributed by atoms with E-state index in [2.05, 4.69) is 6.92 Å². The van der Waals surface area contributed by atoms with Gasteiger partial charge >= 0.3 is 0 Å². The fourth-order valence-corrected chi connectivity index (χ4v) is 2.51. The number of hydrogen-bond acceptors (Lipinski definition) is 2. The summed E-state index contributed by atoms with van der Waals surface area (Å²) in [4.78, 5) is 25.4. The lowest BCUT2D eigenvalue weighted by Crippen LogP contribution is -2.31. The smallest absolute Gasteiger partial charge is 0.223 e. The number of nitrogens with zero attached hydrogens (tertiary/aromatic N) is 1. The third kappa shape index (κ3) is 3.40. The Balaban J connectivity index is 1.96. The van der Waals surface area contributed by atoms with Crippen LogP contribution in [0.1, 0.15) is 36.5 Å². The molecule has 1 amide bonds. The maximum atomic E-state index is 12.8. The van der Waals surface area contributed by atoms with Crippen molar-refractivity contribution in [3.63, 3.8) is 0 Å². The molecule has 1 aromatic rings. The Morgan fingerprint density at radius 1 is 1.37 bits per heavy atom. The van der Waals surface area contributed by atoms with E-state index < -0.39 is 0 Å². The summed E-state index contributed by atoms with van der Waals surface area (Å²) in [5, 5.41) is 0. The van der Waals surface area contributed by atoms with Gasteiger partial charge in [-0.25, -0.2) is 4.39 Å². The lowest BCUT2D eigenvalue weighted by molar-refractivity contribution is -0.127. The van der Waals surface area contributed by atoms with Crippen LogP contribution < -0.4 is 0 Å². The first kappa shape index (κ1) is 13.7. The molecule has 1 atom stereocenters. The van der Waals surface area contributed by atoms with Gasteiger partial charge in [0, 0.05) is 18.5 Å². The zero-order chi connectivity index (χ0) is 13.8. The molecule has 0 aromatic heterocycles. The quantitative estimate of drug-likeness (QED) is 0.766. The van der Waals surface area contributed by atoms with E-state index in [0.29, 0.717) is 24.4 Å². The monoisotopic (exact) mass is 263 g/mol. The van der Waals surface area contributed by atoms with E-state index in [1.165, 1.54) is 24.3 Å². The van der Waals surface area contributed by atoms with Gasteiger partial charge in [0.25, 0.3) is 0 Å². The SMILES string of the molecule is CCCC1CC(=O)N(CC(=O)c2ccc(F)cc2)C1. The third-order valence-corrected chi connectivity index (χ3v) is 3.49. The Hall–Kier alpha value is -1.71. The van der Waals surface area contributed by atoms with Crippen molar-refractivity contribution in [2.75, 3.05) is 13.1 Å². The molecule has 1 heterocycles. The number of carbonyl (C=O) groups excluding carboxylic acids is 2. The fraction of sp³-hybridized carbons (Fsp3) is 0.467. The Morgan fingerprint density at radius 2 is 2.05 bits per heavy atom. The van der Waals surface area contributed by atoms with E-state index in [4.69, 9.17) is 0 Å². The molecular weight excluding hydrogens is 245 g/mol. The van der Waals surface area contributed by atoms with Gasteiger partial charge < -0.3 is 4.90 Å². The summed E-state index contributed by atoms with van der Waals surface area (Å²) >= 11 is 0. The first-order chi connectivity index (χ1) is 9.10. The number of ketones is 1. The molecule has 1 fully saturated rings. The van der Waals surface area contributed by atoms with Crippen molar-refractivity contribution in [1.82, 2.24) is 4.90 Å². The van der Waals surface area contributed by atoms with Crippen molar-refractivity contribution < 1.29 is 14.0 Å². The minimum Gasteiger partial charge on any atom is -0.335 e. The molecule has 4 heteroatoms. The molecule has 0 radical (unpaired) electrons. The molecule has 0 spiro atoms. The first-order valence-electron chi connectivity index (χ1n) is 6.66. The van der Waals surface area contributed by atoms with E-state index >= 15 is 0 Å². The molecule has 19 heavy (non-hydrogen) atoms. The van der Waals surface area contributed by atoms with Gasteiger partial charge in [-0.3, -0.25) is 9.59 Å². The van der Waals surface area contributed by atoms with E-state index in [9.17, 15) is 14.0 Å². The molecule has 1 saturated heterocycles. The number of amides is 1. The van der Waals surface area contributed by atoms with Crippen molar-refractivity contribution in [2.45, 2.75) is 26.2 Å². The summed E-state index contributed by atoms with van der Waals surface area (Å²) in [5.74, 6) is -0.0743. The normalized spacial score (nSPS) is 18.9.